The largest absolute Gasteiger partial charge is 0.497 e. The first-order valence-corrected chi connectivity index (χ1v) is 7.86. The molecule has 1 atom stereocenters. The van der Waals surface area contributed by atoms with E-state index in [9.17, 15) is 4.79 Å². The van der Waals surface area contributed by atoms with Gasteiger partial charge in [-0.1, -0.05) is 25.1 Å². The highest BCUT2D eigenvalue weighted by atomic mass is 16.5. The van der Waals surface area contributed by atoms with E-state index < -0.39 is 6.10 Å². The highest BCUT2D eigenvalue weighted by Crippen LogP contribution is 2.29. The highest BCUT2D eigenvalue weighted by molar-refractivity contribution is 5.95. The molecule has 0 saturated carbocycles. The maximum atomic E-state index is 12.4. The molecule has 0 aliphatic heterocycles. The summed E-state index contributed by atoms with van der Waals surface area (Å²) in [7, 11) is 3.12. The van der Waals surface area contributed by atoms with Gasteiger partial charge >= 0.3 is 0 Å². The Labute approximate surface area is 142 Å². The minimum atomic E-state index is -0.635. The van der Waals surface area contributed by atoms with E-state index in [4.69, 9.17) is 14.2 Å². The van der Waals surface area contributed by atoms with Crippen molar-refractivity contribution in [2.75, 3.05) is 19.5 Å². The van der Waals surface area contributed by atoms with E-state index in [-0.39, 0.29) is 5.91 Å². The molecule has 0 saturated heterocycles. The van der Waals surface area contributed by atoms with Gasteiger partial charge in [0.15, 0.2) is 6.10 Å². The fourth-order valence-electron chi connectivity index (χ4n) is 2.29. The molecular formula is C19H23NO4. The number of hydrogen-bond acceptors (Lipinski definition) is 4. The third-order valence-electron chi connectivity index (χ3n) is 3.69. The first-order valence-electron chi connectivity index (χ1n) is 7.86. The molecule has 0 radical (unpaired) electrons. The summed E-state index contributed by atoms with van der Waals surface area (Å²) >= 11 is 0. The van der Waals surface area contributed by atoms with Gasteiger partial charge in [0.05, 0.1) is 19.9 Å². The Morgan fingerprint density at radius 2 is 1.83 bits per heavy atom. The van der Waals surface area contributed by atoms with E-state index in [1.165, 1.54) is 0 Å². The summed E-state index contributed by atoms with van der Waals surface area (Å²) in [6.07, 6.45) is 0.209. The van der Waals surface area contributed by atoms with Gasteiger partial charge in [-0.05, 0) is 37.1 Å². The Kier molecular flexibility index (Phi) is 6.07. The van der Waals surface area contributed by atoms with Gasteiger partial charge in [-0.2, -0.15) is 0 Å². The number of nitrogens with one attached hydrogen (secondary N) is 1. The topological polar surface area (TPSA) is 56.8 Å². The lowest BCUT2D eigenvalue weighted by atomic mass is 10.1. The lowest BCUT2D eigenvalue weighted by Crippen LogP contribution is -2.30. The normalized spacial score (nSPS) is 11.5. The van der Waals surface area contributed by atoms with Crippen LogP contribution in [0.1, 0.15) is 19.4 Å². The molecule has 5 heteroatoms. The standard InChI is InChI=1S/C19H23NO4/c1-5-14-8-6-7-9-17(14)24-13(2)19(21)20-16-11-10-15(22-3)12-18(16)23-4/h6-13H,5H2,1-4H3,(H,20,21)/t13-/m0/s1. The van der Waals surface area contributed by atoms with Gasteiger partial charge in [-0.15, -0.1) is 0 Å². The summed E-state index contributed by atoms with van der Waals surface area (Å²) < 4.78 is 16.3. The van der Waals surface area contributed by atoms with Gasteiger partial charge < -0.3 is 19.5 Å². The van der Waals surface area contributed by atoms with Crippen LogP contribution in [0.2, 0.25) is 0 Å². The van der Waals surface area contributed by atoms with Crippen molar-refractivity contribution in [3.8, 4) is 17.2 Å². The molecule has 128 valence electrons. The molecule has 0 aliphatic carbocycles. The van der Waals surface area contributed by atoms with Crippen LogP contribution < -0.4 is 19.5 Å². The summed E-state index contributed by atoms with van der Waals surface area (Å²) in [5, 5.41) is 2.83. The van der Waals surface area contributed by atoms with Crippen molar-refractivity contribution in [2.45, 2.75) is 26.4 Å². The Hall–Kier alpha value is -2.69. The van der Waals surface area contributed by atoms with Gasteiger partial charge in [0, 0.05) is 6.07 Å². The van der Waals surface area contributed by atoms with Crippen molar-refractivity contribution in [3.05, 3.63) is 48.0 Å². The summed E-state index contributed by atoms with van der Waals surface area (Å²) in [6.45, 7) is 3.77. The van der Waals surface area contributed by atoms with Crippen LogP contribution in [0.3, 0.4) is 0 Å². The average Bonchev–Trinajstić information content (AvgIpc) is 2.62. The molecule has 0 heterocycles. The number of hydrogen-bond donors (Lipinski definition) is 1. The third kappa shape index (κ3) is 4.19. The highest BCUT2D eigenvalue weighted by Gasteiger charge is 2.18. The third-order valence-corrected chi connectivity index (χ3v) is 3.69. The predicted molar refractivity (Wildman–Crippen MR) is 94.1 cm³/mol. The summed E-state index contributed by atoms with van der Waals surface area (Å²) in [6, 6.07) is 12.9. The van der Waals surface area contributed by atoms with Gasteiger partial charge in [0.25, 0.3) is 5.91 Å². The van der Waals surface area contributed by atoms with E-state index in [0.29, 0.717) is 17.2 Å². The van der Waals surface area contributed by atoms with Gasteiger partial charge in [-0.3, -0.25) is 4.79 Å². The maximum Gasteiger partial charge on any atom is 0.265 e. The zero-order chi connectivity index (χ0) is 17.5. The molecule has 0 spiro atoms. The van der Waals surface area contributed by atoms with Gasteiger partial charge in [0.2, 0.25) is 0 Å². The minimum Gasteiger partial charge on any atom is -0.497 e. The second-order valence-corrected chi connectivity index (χ2v) is 5.28. The molecule has 2 aromatic rings. The van der Waals surface area contributed by atoms with Crippen LogP contribution in [-0.2, 0) is 11.2 Å². The maximum absolute atomic E-state index is 12.4. The monoisotopic (exact) mass is 329 g/mol. The number of aryl methyl sites for hydroxylation is 1. The molecule has 0 unspecified atom stereocenters. The Morgan fingerprint density at radius 1 is 1.08 bits per heavy atom. The van der Waals surface area contributed by atoms with Crippen LogP contribution in [0.25, 0.3) is 0 Å². The van der Waals surface area contributed by atoms with Crippen LogP contribution >= 0.6 is 0 Å². The second kappa shape index (κ2) is 8.24. The van der Waals surface area contributed by atoms with Crippen molar-refractivity contribution in [1.82, 2.24) is 0 Å². The number of amides is 1. The van der Waals surface area contributed by atoms with E-state index >= 15 is 0 Å². The van der Waals surface area contributed by atoms with Crippen molar-refractivity contribution in [3.63, 3.8) is 0 Å². The van der Waals surface area contributed by atoms with Crippen molar-refractivity contribution in [1.29, 1.82) is 0 Å². The number of carbonyl (C=O) groups excluding carboxylic acids is 1. The molecule has 1 N–H and O–H groups in total. The zero-order valence-corrected chi connectivity index (χ0v) is 14.5. The van der Waals surface area contributed by atoms with Crippen molar-refractivity contribution >= 4 is 11.6 Å². The fourth-order valence-corrected chi connectivity index (χ4v) is 2.29. The predicted octanol–water partition coefficient (Wildman–Crippen LogP) is 3.67. The van der Waals surface area contributed by atoms with Crippen LogP contribution in [0.15, 0.2) is 42.5 Å². The summed E-state index contributed by atoms with van der Waals surface area (Å²) in [5.41, 5.74) is 1.64. The van der Waals surface area contributed by atoms with Crippen LogP contribution in [0, 0.1) is 0 Å². The molecule has 2 aromatic carbocycles. The molecule has 0 fully saturated rings. The van der Waals surface area contributed by atoms with E-state index in [2.05, 4.69) is 12.2 Å². The Balaban J connectivity index is 2.09. The first-order chi connectivity index (χ1) is 11.6. The number of carbonyl (C=O) groups is 1. The van der Waals surface area contributed by atoms with E-state index in [1.807, 2.05) is 24.3 Å². The smallest absolute Gasteiger partial charge is 0.265 e. The van der Waals surface area contributed by atoms with Crippen molar-refractivity contribution in [2.24, 2.45) is 0 Å². The molecule has 5 nitrogen and oxygen atoms in total. The van der Waals surface area contributed by atoms with Gasteiger partial charge in [0.1, 0.15) is 17.2 Å². The van der Waals surface area contributed by atoms with E-state index in [0.717, 1.165) is 17.7 Å². The number of methoxy groups -OCH3 is 2. The van der Waals surface area contributed by atoms with E-state index in [1.54, 1.807) is 39.3 Å². The number of benzene rings is 2. The molecule has 0 aromatic heterocycles. The summed E-state index contributed by atoms with van der Waals surface area (Å²) in [5.74, 6) is 1.67. The molecule has 24 heavy (non-hydrogen) atoms. The second-order valence-electron chi connectivity index (χ2n) is 5.28. The van der Waals surface area contributed by atoms with Crippen LogP contribution in [-0.4, -0.2) is 26.2 Å². The minimum absolute atomic E-state index is 0.246. The average molecular weight is 329 g/mol. The zero-order valence-electron chi connectivity index (χ0n) is 14.5. The fraction of sp³-hybridized carbons (Fsp3) is 0.316. The lowest BCUT2D eigenvalue weighted by Gasteiger charge is -2.18. The van der Waals surface area contributed by atoms with Crippen LogP contribution in [0.5, 0.6) is 17.2 Å². The number of rotatable bonds is 7. The number of anilines is 1. The Bertz CT molecular complexity index is 700. The van der Waals surface area contributed by atoms with Crippen molar-refractivity contribution < 1.29 is 19.0 Å². The molecule has 2 rings (SSSR count). The lowest BCUT2D eigenvalue weighted by molar-refractivity contribution is -0.122. The SMILES string of the molecule is CCc1ccccc1O[C@@H](C)C(=O)Nc1ccc(OC)cc1OC. The number of para-hydroxylation sites is 1. The molecule has 1 amide bonds. The Morgan fingerprint density at radius 3 is 2.50 bits per heavy atom. The molecule has 0 bridgehead atoms. The quantitative estimate of drug-likeness (QED) is 0.842. The van der Waals surface area contributed by atoms with Crippen LogP contribution in [0.4, 0.5) is 5.69 Å². The molecule has 0 aliphatic rings. The molecular weight excluding hydrogens is 306 g/mol. The first kappa shape index (κ1) is 17.7. The van der Waals surface area contributed by atoms with Gasteiger partial charge in [-0.25, -0.2) is 0 Å². The summed E-state index contributed by atoms with van der Waals surface area (Å²) in [4.78, 5) is 12.4. The number of ether oxygens (including phenoxy) is 3.